The van der Waals surface area contributed by atoms with Crippen molar-refractivity contribution in [3.8, 4) is 0 Å². The van der Waals surface area contributed by atoms with Gasteiger partial charge in [-0.3, -0.25) is 4.90 Å². The van der Waals surface area contributed by atoms with Crippen LogP contribution in [-0.4, -0.2) is 41.2 Å². The lowest BCUT2D eigenvalue weighted by atomic mass is 10.1. The van der Waals surface area contributed by atoms with Gasteiger partial charge in [0.25, 0.3) is 0 Å². The molecule has 5 nitrogen and oxygen atoms in total. The molecule has 5 heteroatoms. The quantitative estimate of drug-likeness (QED) is 0.825. The van der Waals surface area contributed by atoms with Crippen molar-refractivity contribution in [3.63, 3.8) is 0 Å². The molecule has 1 aliphatic rings. The minimum atomic E-state index is 0.590. The fourth-order valence-electron chi connectivity index (χ4n) is 2.65. The van der Waals surface area contributed by atoms with Crippen molar-refractivity contribution in [1.82, 2.24) is 14.9 Å². The highest BCUT2D eigenvalue weighted by molar-refractivity contribution is 5.78. The number of imidazole rings is 1. The molecule has 102 valence electrons. The molecule has 1 aromatic carbocycles. The number of fused-ring (bicyclic) bond motifs is 1. The molecule has 1 fully saturated rings. The smallest absolute Gasteiger partial charge is 0.121 e. The molecule has 0 atom stereocenters. The van der Waals surface area contributed by atoms with E-state index in [-0.39, 0.29) is 0 Å². The minimum absolute atomic E-state index is 0.590. The summed E-state index contributed by atoms with van der Waals surface area (Å²) in [6.07, 6.45) is 2.20. The maximum absolute atomic E-state index is 5.78. The Hall–Kier alpha value is -1.59. The number of aromatic amines is 1. The van der Waals surface area contributed by atoms with Gasteiger partial charge in [-0.1, -0.05) is 0 Å². The Balaban J connectivity index is 1.73. The second-order valence-corrected chi connectivity index (χ2v) is 5.22. The zero-order valence-electron chi connectivity index (χ0n) is 11.2. The van der Waals surface area contributed by atoms with Gasteiger partial charge in [-0.05, 0) is 38.1 Å². The highest BCUT2D eigenvalue weighted by atomic mass is 16.5. The van der Waals surface area contributed by atoms with Gasteiger partial charge in [-0.2, -0.15) is 0 Å². The summed E-state index contributed by atoms with van der Waals surface area (Å²) < 4.78 is 5.40. The van der Waals surface area contributed by atoms with Crippen molar-refractivity contribution in [2.75, 3.05) is 26.0 Å². The molecule has 1 saturated heterocycles. The van der Waals surface area contributed by atoms with Crippen molar-refractivity contribution >= 4 is 16.7 Å². The monoisotopic (exact) mass is 260 g/mol. The number of nitrogens with one attached hydrogen (secondary N) is 1. The van der Waals surface area contributed by atoms with Crippen molar-refractivity contribution in [1.29, 1.82) is 0 Å². The van der Waals surface area contributed by atoms with Gasteiger partial charge >= 0.3 is 0 Å². The van der Waals surface area contributed by atoms with E-state index in [4.69, 9.17) is 10.5 Å². The summed E-state index contributed by atoms with van der Waals surface area (Å²) >= 11 is 0. The lowest BCUT2D eigenvalue weighted by Crippen LogP contribution is -2.36. The molecular weight excluding hydrogens is 240 g/mol. The van der Waals surface area contributed by atoms with Crippen LogP contribution >= 0.6 is 0 Å². The van der Waals surface area contributed by atoms with Gasteiger partial charge in [0.05, 0.1) is 17.6 Å². The summed E-state index contributed by atoms with van der Waals surface area (Å²) in [6.45, 7) is 2.57. The number of rotatable bonds is 3. The van der Waals surface area contributed by atoms with E-state index < -0.39 is 0 Å². The van der Waals surface area contributed by atoms with E-state index in [1.807, 2.05) is 18.2 Å². The summed E-state index contributed by atoms with van der Waals surface area (Å²) in [5, 5.41) is 0. The molecular formula is C14H20N4O. The second-order valence-electron chi connectivity index (χ2n) is 5.22. The van der Waals surface area contributed by atoms with Gasteiger partial charge in [0.2, 0.25) is 0 Å². The third-order valence-corrected chi connectivity index (χ3v) is 3.77. The maximum Gasteiger partial charge on any atom is 0.121 e. The van der Waals surface area contributed by atoms with E-state index in [1.165, 1.54) is 0 Å². The lowest BCUT2D eigenvalue weighted by Gasteiger charge is -2.30. The minimum Gasteiger partial charge on any atom is -0.399 e. The normalized spacial score (nSPS) is 17.4. The molecule has 0 bridgehead atoms. The van der Waals surface area contributed by atoms with E-state index in [0.29, 0.717) is 6.04 Å². The number of nitrogens with two attached hydrogens (primary N) is 1. The van der Waals surface area contributed by atoms with E-state index >= 15 is 0 Å². The first-order valence-corrected chi connectivity index (χ1v) is 6.74. The van der Waals surface area contributed by atoms with Gasteiger partial charge < -0.3 is 15.5 Å². The Morgan fingerprint density at radius 1 is 1.42 bits per heavy atom. The molecule has 0 amide bonds. The van der Waals surface area contributed by atoms with Gasteiger partial charge in [-0.25, -0.2) is 4.98 Å². The summed E-state index contributed by atoms with van der Waals surface area (Å²) in [6, 6.07) is 6.36. The fraction of sp³-hybridized carbons (Fsp3) is 0.500. The molecule has 3 N–H and O–H groups in total. The van der Waals surface area contributed by atoms with Crippen molar-refractivity contribution < 1.29 is 4.74 Å². The number of nitrogen functional groups attached to an aromatic ring is 1. The number of nitrogens with zero attached hydrogens (tertiary/aromatic N) is 2. The SMILES string of the molecule is CN(Cc1nc2ccc(N)cc2[nH]1)C1CCOCC1. The molecule has 19 heavy (non-hydrogen) atoms. The third kappa shape index (κ3) is 2.72. The van der Waals surface area contributed by atoms with E-state index in [9.17, 15) is 0 Å². The molecule has 1 aromatic heterocycles. The number of ether oxygens (including phenoxy) is 1. The van der Waals surface area contributed by atoms with Crippen molar-refractivity contribution in [2.45, 2.75) is 25.4 Å². The Bertz CT molecular complexity index is 560. The third-order valence-electron chi connectivity index (χ3n) is 3.77. The summed E-state index contributed by atoms with van der Waals surface area (Å²) in [5.74, 6) is 0.995. The van der Waals surface area contributed by atoms with E-state index in [2.05, 4.69) is 21.9 Å². The fourth-order valence-corrected chi connectivity index (χ4v) is 2.65. The number of hydrogen-bond donors (Lipinski definition) is 2. The van der Waals surface area contributed by atoms with Gasteiger partial charge in [-0.15, -0.1) is 0 Å². The van der Waals surface area contributed by atoms with Crippen LogP contribution in [0, 0.1) is 0 Å². The highest BCUT2D eigenvalue weighted by Crippen LogP contribution is 2.18. The highest BCUT2D eigenvalue weighted by Gasteiger charge is 2.19. The molecule has 2 heterocycles. The second kappa shape index (κ2) is 5.19. The number of benzene rings is 1. The number of H-pyrrole nitrogens is 1. The number of aromatic nitrogens is 2. The zero-order valence-corrected chi connectivity index (χ0v) is 11.2. The molecule has 0 radical (unpaired) electrons. The first kappa shape index (κ1) is 12.4. The van der Waals surface area contributed by atoms with Gasteiger partial charge in [0, 0.05) is 24.9 Å². The molecule has 3 rings (SSSR count). The molecule has 1 aliphatic heterocycles. The summed E-state index contributed by atoms with van der Waals surface area (Å²) in [5.41, 5.74) is 8.53. The van der Waals surface area contributed by atoms with Crippen LogP contribution in [0.2, 0.25) is 0 Å². The first-order valence-electron chi connectivity index (χ1n) is 6.74. The van der Waals surface area contributed by atoms with Crippen LogP contribution in [0.4, 0.5) is 5.69 Å². The summed E-state index contributed by atoms with van der Waals surface area (Å²) in [4.78, 5) is 10.3. The molecule has 0 aliphatic carbocycles. The Labute approximate surface area is 112 Å². The van der Waals surface area contributed by atoms with Crippen LogP contribution in [0.25, 0.3) is 11.0 Å². The van der Waals surface area contributed by atoms with Crippen LogP contribution in [0.5, 0.6) is 0 Å². The Morgan fingerprint density at radius 2 is 2.21 bits per heavy atom. The standard InChI is InChI=1S/C14H20N4O/c1-18(11-4-6-19-7-5-11)9-14-16-12-3-2-10(15)8-13(12)17-14/h2-3,8,11H,4-7,9,15H2,1H3,(H,16,17). The molecule has 0 unspecified atom stereocenters. The largest absolute Gasteiger partial charge is 0.399 e. The van der Waals surface area contributed by atoms with Crippen LogP contribution < -0.4 is 5.73 Å². The maximum atomic E-state index is 5.78. The topological polar surface area (TPSA) is 67.2 Å². The van der Waals surface area contributed by atoms with Crippen LogP contribution in [-0.2, 0) is 11.3 Å². The molecule has 0 spiro atoms. The number of hydrogen-bond acceptors (Lipinski definition) is 4. The van der Waals surface area contributed by atoms with Gasteiger partial charge in [0.1, 0.15) is 5.82 Å². The number of anilines is 1. The van der Waals surface area contributed by atoms with Crippen molar-refractivity contribution in [2.24, 2.45) is 0 Å². The lowest BCUT2D eigenvalue weighted by molar-refractivity contribution is 0.0400. The van der Waals surface area contributed by atoms with Gasteiger partial charge in [0.15, 0.2) is 0 Å². The predicted octanol–water partition coefficient (Wildman–Crippen LogP) is 1.76. The van der Waals surface area contributed by atoms with Crippen LogP contribution in [0.15, 0.2) is 18.2 Å². The first-order chi connectivity index (χ1) is 9.22. The summed E-state index contributed by atoms with van der Waals surface area (Å²) in [7, 11) is 2.15. The Morgan fingerprint density at radius 3 is 3.00 bits per heavy atom. The van der Waals surface area contributed by atoms with Crippen LogP contribution in [0.1, 0.15) is 18.7 Å². The Kier molecular flexibility index (Phi) is 3.40. The average Bonchev–Trinajstić information content (AvgIpc) is 2.81. The molecule has 2 aromatic rings. The zero-order chi connectivity index (χ0) is 13.2. The van der Waals surface area contributed by atoms with E-state index in [1.54, 1.807) is 0 Å². The molecule has 0 saturated carbocycles. The van der Waals surface area contributed by atoms with Crippen molar-refractivity contribution in [3.05, 3.63) is 24.0 Å². The van der Waals surface area contributed by atoms with E-state index in [0.717, 1.165) is 55.1 Å². The average molecular weight is 260 g/mol. The predicted molar refractivity (Wildman–Crippen MR) is 75.8 cm³/mol. The van der Waals surface area contributed by atoms with Crippen LogP contribution in [0.3, 0.4) is 0 Å².